The van der Waals surface area contributed by atoms with E-state index in [4.69, 9.17) is 0 Å². The Morgan fingerprint density at radius 2 is 1.71 bits per heavy atom. The molecule has 0 radical (unpaired) electrons. The third-order valence-electron chi connectivity index (χ3n) is 4.58. The third kappa shape index (κ3) is 2.78. The first-order valence-electron chi connectivity index (χ1n) is 7.41. The van der Waals surface area contributed by atoms with Gasteiger partial charge < -0.3 is 15.1 Å². The number of aromatic nitrogens is 2. The molecule has 6 nitrogen and oxygen atoms in total. The van der Waals surface area contributed by atoms with Crippen LogP contribution in [0, 0.1) is 25.7 Å². The first kappa shape index (κ1) is 14.4. The smallest absolute Gasteiger partial charge is 0.272 e. The molecule has 4 atom stereocenters. The fourth-order valence-electron chi connectivity index (χ4n) is 3.56. The van der Waals surface area contributed by atoms with Gasteiger partial charge in [-0.2, -0.15) is 0 Å². The molecule has 1 saturated carbocycles. The summed E-state index contributed by atoms with van der Waals surface area (Å²) in [5.41, 5.74) is 1.22. The highest BCUT2D eigenvalue weighted by Gasteiger charge is 2.42. The second kappa shape index (κ2) is 5.35. The third-order valence-corrected chi connectivity index (χ3v) is 4.58. The molecule has 1 aromatic rings. The van der Waals surface area contributed by atoms with Crippen molar-refractivity contribution < 1.29 is 15.0 Å². The molecule has 1 aliphatic heterocycles. The number of fused-ring (bicyclic) bond motifs is 1. The number of carbonyl (C=O) groups excluding carboxylic acids is 1. The maximum atomic E-state index is 12.6. The second-order valence-electron chi connectivity index (χ2n) is 6.28. The van der Waals surface area contributed by atoms with Crippen LogP contribution in [0.3, 0.4) is 0 Å². The molecule has 2 N–H and O–H groups in total. The summed E-state index contributed by atoms with van der Waals surface area (Å²) in [6.07, 6.45) is -0.191. The molecular formula is C15H21N3O3. The maximum absolute atomic E-state index is 12.6. The molecule has 6 heteroatoms. The van der Waals surface area contributed by atoms with Crippen LogP contribution in [-0.2, 0) is 0 Å². The topological polar surface area (TPSA) is 86.6 Å². The predicted octanol–water partition coefficient (Wildman–Crippen LogP) is 0.297. The molecule has 3 rings (SSSR count). The van der Waals surface area contributed by atoms with Crippen LogP contribution < -0.4 is 0 Å². The number of likely N-dealkylation sites (tertiary alicyclic amines) is 1. The van der Waals surface area contributed by atoms with Gasteiger partial charge in [0.05, 0.1) is 12.2 Å². The van der Waals surface area contributed by atoms with E-state index in [1.165, 1.54) is 0 Å². The van der Waals surface area contributed by atoms with Crippen molar-refractivity contribution in [3.63, 3.8) is 0 Å². The number of hydrogen-bond donors (Lipinski definition) is 2. The molecule has 1 saturated heterocycles. The molecule has 21 heavy (non-hydrogen) atoms. The van der Waals surface area contributed by atoms with Crippen molar-refractivity contribution in [3.05, 3.63) is 23.3 Å². The van der Waals surface area contributed by atoms with E-state index in [1.807, 2.05) is 6.92 Å². The minimum Gasteiger partial charge on any atom is -0.390 e. The van der Waals surface area contributed by atoms with Crippen molar-refractivity contribution in [2.24, 2.45) is 11.8 Å². The monoisotopic (exact) mass is 291 g/mol. The van der Waals surface area contributed by atoms with Crippen molar-refractivity contribution in [2.75, 3.05) is 13.1 Å². The summed E-state index contributed by atoms with van der Waals surface area (Å²) in [5, 5.41) is 19.5. The quantitative estimate of drug-likeness (QED) is 0.777. The van der Waals surface area contributed by atoms with Crippen LogP contribution in [0.5, 0.6) is 0 Å². The van der Waals surface area contributed by atoms with Gasteiger partial charge in [0.25, 0.3) is 5.91 Å². The zero-order valence-electron chi connectivity index (χ0n) is 12.4. The van der Waals surface area contributed by atoms with Crippen LogP contribution in [0.1, 0.15) is 34.8 Å². The highest BCUT2D eigenvalue weighted by Crippen LogP contribution is 2.36. The zero-order valence-corrected chi connectivity index (χ0v) is 12.4. The summed E-state index contributed by atoms with van der Waals surface area (Å²) < 4.78 is 0. The average Bonchev–Trinajstić information content (AvgIpc) is 2.80. The minimum atomic E-state index is -0.662. The standard InChI is InChI=1S/C15H21N3O3/c1-8-3-12(17-9(2)16-8)15(21)18-6-10-4-13(19)14(20)5-11(10)7-18/h3,10-11,13-14,19-20H,4-7H2,1-2H3/t10-,11+,13-,14-/m0/s1. The Hall–Kier alpha value is -1.53. The van der Waals surface area contributed by atoms with Crippen molar-refractivity contribution >= 4 is 5.91 Å². The molecule has 0 aromatic carbocycles. The number of carbonyl (C=O) groups is 1. The van der Waals surface area contributed by atoms with Gasteiger partial charge in [0.2, 0.25) is 0 Å². The Morgan fingerprint density at radius 1 is 1.14 bits per heavy atom. The number of aliphatic hydroxyl groups excluding tert-OH is 2. The molecule has 114 valence electrons. The van der Waals surface area contributed by atoms with Gasteiger partial charge in [0.15, 0.2) is 0 Å². The van der Waals surface area contributed by atoms with E-state index in [2.05, 4.69) is 9.97 Å². The van der Waals surface area contributed by atoms with Crippen LogP contribution >= 0.6 is 0 Å². The van der Waals surface area contributed by atoms with Crippen LogP contribution in [0.4, 0.5) is 0 Å². The van der Waals surface area contributed by atoms with Crippen molar-refractivity contribution in [3.8, 4) is 0 Å². The summed E-state index contributed by atoms with van der Waals surface area (Å²) in [4.78, 5) is 22.8. The SMILES string of the molecule is Cc1cc(C(=O)N2C[C@H]3C[C@H](O)[C@@H](O)C[C@H]3C2)nc(C)n1. The Labute approximate surface area is 123 Å². The summed E-state index contributed by atoms with van der Waals surface area (Å²) in [6, 6.07) is 1.71. The highest BCUT2D eigenvalue weighted by molar-refractivity contribution is 5.92. The van der Waals surface area contributed by atoms with E-state index in [0.717, 1.165) is 5.69 Å². The number of rotatable bonds is 1. The summed E-state index contributed by atoms with van der Waals surface area (Å²) in [5.74, 6) is 1.07. The molecule has 1 aromatic heterocycles. The van der Waals surface area contributed by atoms with Crippen molar-refractivity contribution in [1.82, 2.24) is 14.9 Å². The largest absolute Gasteiger partial charge is 0.390 e. The Balaban J connectivity index is 1.75. The average molecular weight is 291 g/mol. The fraction of sp³-hybridized carbons (Fsp3) is 0.667. The van der Waals surface area contributed by atoms with Gasteiger partial charge in [0, 0.05) is 18.8 Å². The number of nitrogens with zero attached hydrogens (tertiary/aromatic N) is 3. The fourth-order valence-corrected chi connectivity index (χ4v) is 3.56. The molecule has 0 spiro atoms. The Bertz CT molecular complexity index is 525. The summed E-state index contributed by atoms with van der Waals surface area (Å²) in [6.45, 7) is 4.90. The lowest BCUT2D eigenvalue weighted by atomic mass is 9.79. The molecule has 2 heterocycles. The molecule has 0 bridgehead atoms. The van der Waals surface area contributed by atoms with Gasteiger partial charge in [-0.25, -0.2) is 9.97 Å². The van der Waals surface area contributed by atoms with Gasteiger partial charge in [-0.15, -0.1) is 0 Å². The van der Waals surface area contributed by atoms with Gasteiger partial charge in [-0.3, -0.25) is 4.79 Å². The Kier molecular flexibility index (Phi) is 3.67. The maximum Gasteiger partial charge on any atom is 0.272 e. The van der Waals surface area contributed by atoms with Crippen LogP contribution in [0.25, 0.3) is 0 Å². The summed E-state index contributed by atoms with van der Waals surface area (Å²) in [7, 11) is 0. The van der Waals surface area contributed by atoms with Crippen LogP contribution in [0.2, 0.25) is 0 Å². The van der Waals surface area contributed by atoms with Gasteiger partial charge in [0.1, 0.15) is 11.5 Å². The normalized spacial score (nSPS) is 32.1. The number of hydrogen-bond acceptors (Lipinski definition) is 5. The lowest BCUT2D eigenvalue weighted by Crippen LogP contribution is -2.38. The minimum absolute atomic E-state index is 0.0815. The van der Waals surface area contributed by atoms with E-state index < -0.39 is 12.2 Å². The van der Waals surface area contributed by atoms with Gasteiger partial charge in [-0.05, 0) is 44.6 Å². The van der Waals surface area contributed by atoms with Crippen LogP contribution in [0.15, 0.2) is 6.07 Å². The highest BCUT2D eigenvalue weighted by atomic mass is 16.3. The van der Waals surface area contributed by atoms with E-state index in [9.17, 15) is 15.0 Å². The number of aliphatic hydroxyl groups is 2. The van der Waals surface area contributed by atoms with Crippen molar-refractivity contribution in [2.45, 2.75) is 38.9 Å². The van der Waals surface area contributed by atoms with Crippen molar-refractivity contribution in [1.29, 1.82) is 0 Å². The van der Waals surface area contributed by atoms with Gasteiger partial charge in [-0.1, -0.05) is 0 Å². The molecule has 2 aliphatic rings. The molecule has 2 fully saturated rings. The Morgan fingerprint density at radius 3 is 2.24 bits per heavy atom. The number of amides is 1. The first-order valence-corrected chi connectivity index (χ1v) is 7.41. The predicted molar refractivity (Wildman–Crippen MR) is 75.6 cm³/mol. The van der Waals surface area contributed by atoms with E-state index >= 15 is 0 Å². The van der Waals surface area contributed by atoms with E-state index in [-0.39, 0.29) is 17.7 Å². The van der Waals surface area contributed by atoms with Gasteiger partial charge >= 0.3 is 0 Å². The summed E-state index contributed by atoms with van der Waals surface area (Å²) >= 11 is 0. The lowest BCUT2D eigenvalue weighted by molar-refractivity contribution is -0.0372. The number of aryl methyl sites for hydroxylation is 2. The van der Waals surface area contributed by atoms with Crippen LogP contribution in [-0.4, -0.2) is 56.3 Å². The second-order valence-corrected chi connectivity index (χ2v) is 6.28. The molecule has 0 unspecified atom stereocenters. The zero-order chi connectivity index (χ0) is 15.1. The molecular weight excluding hydrogens is 270 g/mol. The molecule has 1 aliphatic carbocycles. The molecule has 1 amide bonds. The van der Waals surface area contributed by atoms with E-state index in [1.54, 1.807) is 17.9 Å². The van der Waals surface area contributed by atoms with E-state index in [0.29, 0.717) is 37.4 Å². The first-order chi connectivity index (χ1) is 9.94. The lowest BCUT2D eigenvalue weighted by Gasteiger charge is -2.31.